The van der Waals surface area contributed by atoms with E-state index in [1.165, 1.54) is 18.3 Å². The Morgan fingerprint density at radius 2 is 1.78 bits per heavy atom. The first-order valence-corrected chi connectivity index (χ1v) is 21.8. The number of rotatable bonds is 16. The number of ketones is 1. The summed E-state index contributed by atoms with van der Waals surface area (Å²) in [5.41, 5.74) is 4.01. The molecule has 2 aliphatic heterocycles. The molecule has 4 N–H and O–H groups in total. The van der Waals surface area contributed by atoms with Gasteiger partial charge in [0.15, 0.2) is 22.7 Å². The number of hydrogen-bond donors (Lipinski definition) is 3. The number of hydrogen-bond acceptors (Lipinski definition) is 17. The molecule has 1 amide bonds. The van der Waals surface area contributed by atoms with E-state index in [2.05, 4.69) is 32.7 Å². The van der Waals surface area contributed by atoms with Gasteiger partial charge >= 0.3 is 12.1 Å². The highest BCUT2D eigenvalue weighted by molar-refractivity contribution is 7.18. The molecule has 12 atom stereocenters. The SMILES string of the molecule is CCO[C@@H](O[C@@H]1[C@@H](C)C(=O)[C@@H](C)C(=O)O[C@H](CC)[C@@]2(C)OC(=O)N(CCCCn3cc(-c4nnc(N)s4)nn3)[C@@H]2[C@@H](C)NC[C@H](C)C[C@@]1(C)OC)C(O)C(CC)N(C)C. The lowest BCUT2D eigenvalue weighted by molar-refractivity contribution is -0.265. The molecule has 19 heteroatoms. The summed E-state index contributed by atoms with van der Waals surface area (Å²) >= 11 is 1.23. The molecular weight excluding hydrogens is 783 g/mol. The number of likely N-dealkylation sites (N-methyl/N-ethyl adjacent to an activating group) is 1. The number of Topliss-reactive ketones (excluding diaryl/α,β-unsaturated/α-hetero) is 1. The van der Waals surface area contributed by atoms with E-state index in [-0.39, 0.29) is 24.6 Å². The number of ether oxygens (including phenoxy) is 5. The standard InChI is InChI=1S/C40H69N9O9S/c1-13-28(47(10)11)31(51)36(55-15-3)57-33-24(5)30(50)25(6)35(52)56-29(14-2)40(9)32(26(7)42-21-23(4)20-39(33,8)54-12)49(38(53)58-40)19-17-16-18-48-22-27(43-46-48)34-44-45-37(41)59-34/h22-26,28-29,31-33,36,42,51H,13-21H2,1-12H3,(H2,41,45)/t23-,24+,25-,26-,28?,29-,31?,32-,33-,36+,39-,40-/m1/s1. The number of nitrogens with one attached hydrogen (secondary N) is 1. The average Bonchev–Trinajstić information content (AvgIpc) is 3.91. The third-order valence-electron chi connectivity index (χ3n) is 12.1. The number of aryl methyl sites for hydroxylation is 1. The molecule has 2 aromatic heterocycles. The van der Waals surface area contributed by atoms with Crippen molar-refractivity contribution in [2.45, 2.75) is 155 Å². The Labute approximate surface area is 353 Å². The van der Waals surface area contributed by atoms with Crippen LogP contribution in [0.3, 0.4) is 0 Å². The first-order chi connectivity index (χ1) is 27.8. The van der Waals surface area contributed by atoms with E-state index in [4.69, 9.17) is 29.4 Å². The van der Waals surface area contributed by atoms with Gasteiger partial charge in [0.25, 0.3) is 0 Å². The molecule has 2 aromatic rings. The molecule has 0 aliphatic carbocycles. The van der Waals surface area contributed by atoms with Crippen molar-refractivity contribution in [2.75, 3.05) is 46.6 Å². The average molecular weight is 852 g/mol. The predicted octanol–water partition coefficient (Wildman–Crippen LogP) is 3.77. The molecule has 0 radical (unpaired) electrons. The maximum Gasteiger partial charge on any atom is 0.410 e. The largest absolute Gasteiger partial charge is 0.458 e. The zero-order chi connectivity index (χ0) is 43.8. The van der Waals surface area contributed by atoms with Gasteiger partial charge in [-0.25, -0.2) is 4.79 Å². The number of nitrogen functional groups attached to an aromatic ring is 1. The number of cyclic esters (lactones) is 1. The van der Waals surface area contributed by atoms with Crippen LogP contribution in [0.4, 0.5) is 9.93 Å². The van der Waals surface area contributed by atoms with Crippen LogP contribution in [0.1, 0.15) is 94.4 Å². The van der Waals surface area contributed by atoms with Crippen LogP contribution in [-0.4, -0.2) is 153 Å². The number of aliphatic hydroxyl groups excluding tert-OH is 1. The minimum Gasteiger partial charge on any atom is -0.458 e. The normalized spacial score (nSPS) is 31.6. The van der Waals surface area contributed by atoms with Crippen molar-refractivity contribution < 1.29 is 43.2 Å². The molecule has 4 heterocycles. The van der Waals surface area contributed by atoms with Gasteiger partial charge in [-0.1, -0.05) is 44.2 Å². The summed E-state index contributed by atoms with van der Waals surface area (Å²) < 4.78 is 33.1. The van der Waals surface area contributed by atoms with Crippen LogP contribution in [0.25, 0.3) is 10.7 Å². The summed E-state index contributed by atoms with van der Waals surface area (Å²) in [5, 5.41) is 32.5. The van der Waals surface area contributed by atoms with Gasteiger partial charge in [0, 0.05) is 44.8 Å². The zero-order valence-corrected chi connectivity index (χ0v) is 37.9. The highest BCUT2D eigenvalue weighted by Crippen LogP contribution is 2.40. The minimum atomic E-state index is -1.24. The second-order valence-electron chi connectivity index (χ2n) is 16.8. The molecule has 59 heavy (non-hydrogen) atoms. The third-order valence-corrected chi connectivity index (χ3v) is 12.9. The lowest BCUT2D eigenvalue weighted by Crippen LogP contribution is -2.61. The minimum absolute atomic E-state index is 0.0271. The van der Waals surface area contributed by atoms with Gasteiger partial charge in [-0.3, -0.25) is 19.2 Å². The van der Waals surface area contributed by atoms with Crippen molar-refractivity contribution in [2.24, 2.45) is 17.8 Å². The molecule has 4 rings (SSSR count). The number of nitrogens with zero attached hydrogens (tertiary/aromatic N) is 7. The van der Waals surface area contributed by atoms with Crippen LogP contribution >= 0.6 is 11.3 Å². The van der Waals surface area contributed by atoms with Crippen LogP contribution in [0.15, 0.2) is 6.20 Å². The Kier molecular flexibility index (Phi) is 17.2. The lowest BCUT2D eigenvalue weighted by atomic mass is 9.78. The van der Waals surface area contributed by atoms with Crippen molar-refractivity contribution in [1.29, 1.82) is 0 Å². The number of fused-ring (bicyclic) bond motifs is 1. The van der Waals surface area contributed by atoms with Crippen molar-refractivity contribution in [1.82, 2.24) is 40.3 Å². The Hall–Kier alpha value is -3.33. The fourth-order valence-corrected chi connectivity index (χ4v) is 9.44. The van der Waals surface area contributed by atoms with Gasteiger partial charge in [-0.05, 0) is 93.3 Å². The summed E-state index contributed by atoms with van der Waals surface area (Å²) in [5.74, 6) is -3.23. The first kappa shape index (κ1) is 48.3. The Bertz CT molecular complexity index is 1680. The van der Waals surface area contributed by atoms with Crippen LogP contribution in [0, 0.1) is 17.8 Å². The van der Waals surface area contributed by atoms with Crippen LogP contribution in [-0.2, 0) is 39.8 Å². The monoisotopic (exact) mass is 851 g/mol. The van der Waals surface area contributed by atoms with Crippen molar-refractivity contribution in [3.63, 3.8) is 0 Å². The third kappa shape index (κ3) is 11.1. The van der Waals surface area contributed by atoms with Gasteiger partial charge in [-0.15, -0.1) is 15.3 Å². The number of carbonyl (C=O) groups is 3. The van der Waals surface area contributed by atoms with Crippen LogP contribution < -0.4 is 11.1 Å². The summed E-state index contributed by atoms with van der Waals surface area (Å²) in [6.45, 7) is 18.4. The zero-order valence-electron chi connectivity index (χ0n) is 37.0. The molecule has 2 fully saturated rings. The molecule has 18 nitrogen and oxygen atoms in total. The summed E-state index contributed by atoms with van der Waals surface area (Å²) in [6, 6.07) is -1.13. The van der Waals surface area contributed by atoms with Gasteiger partial charge in [0.1, 0.15) is 23.8 Å². The summed E-state index contributed by atoms with van der Waals surface area (Å²) in [4.78, 5) is 45.9. The fourth-order valence-electron chi connectivity index (χ4n) is 8.88. The van der Waals surface area contributed by atoms with Gasteiger partial charge < -0.3 is 44.7 Å². The number of methoxy groups -OCH3 is 1. The molecule has 0 saturated carbocycles. The molecule has 0 bridgehead atoms. The highest BCUT2D eigenvalue weighted by Gasteiger charge is 2.58. The van der Waals surface area contributed by atoms with E-state index >= 15 is 0 Å². The van der Waals surface area contributed by atoms with E-state index in [0.717, 1.165) is 0 Å². The van der Waals surface area contributed by atoms with Gasteiger partial charge in [-0.2, -0.15) is 0 Å². The molecule has 0 aromatic carbocycles. The van der Waals surface area contributed by atoms with E-state index in [1.807, 2.05) is 60.5 Å². The molecule has 334 valence electrons. The smallest absolute Gasteiger partial charge is 0.410 e. The fraction of sp³-hybridized carbons (Fsp3) is 0.825. The van der Waals surface area contributed by atoms with E-state index in [9.17, 15) is 19.5 Å². The Morgan fingerprint density at radius 3 is 2.37 bits per heavy atom. The van der Waals surface area contributed by atoms with Crippen LogP contribution in [0.5, 0.6) is 0 Å². The van der Waals surface area contributed by atoms with E-state index in [0.29, 0.717) is 67.6 Å². The topological polar surface area (TPSA) is 219 Å². The molecule has 2 saturated heterocycles. The van der Waals surface area contributed by atoms with Crippen molar-refractivity contribution >= 4 is 34.3 Å². The van der Waals surface area contributed by atoms with Crippen molar-refractivity contribution in [3.05, 3.63) is 6.20 Å². The molecule has 2 unspecified atom stereocenters. The second-order valence-corrected chi connectivity index (χ2v) is 17.8. The number of carbonyl (C=O) groups excluding carboxylic acids is 3. The van der Waals surface area contributed by atoms with Crippen molar-refractivity contribution in [3.8, 4) is 10.7 Å². The molecule has 0 spiro atoms. The summed E-state index contributed by atoms with van der Waals surface area (Å²) in [7, 11) is 5.35. The molecular formula is C40H69N9O9S. The Balaban J connectivity index is 1.61. The van der Waals surface area contributed by atoms with Gasteiger partial charge in [0.2, 0.25) is 5.13 Å². The van der Waals surface area contributed by atoms with E-state index < -0.39 is 71.5 Å². The molecule has 2 aliphatic rings. The highest BCUT2D eigenvalue weighted by atomic mass is 32.1. The lowest BCUT2D eigenvalue weighted by Gasteiger charge is -2.44. The number of esters is 1. The predicted molar refractivity (Wildman–Crippen MR) is 222 cm³/mol. The first-order valence-electron chi connectivity index (χ1n) is 21.0. The number of amides is 1. The van der Waals surface area contributed by atoms with Gasteiger partial charge in [0.05, 0.1) is 23.9 Å². The maximum atomic E-state index is 14.4. The number of nitrogens with two attached hydrogens (primary N) is 1. The second kappa shape index (κ2) is 21.0. The Morgan fingerprint density at radius 1 is 1.08 bits per heavy atom. The number of anilines is 1. The maximum absolute atomic E-state index is 14.4. The number of aromatic nitrogens is 5. The summed E-state index contributed by atoms with van der Waals surface area (Å²) in [6.07, 6.45) is 0.0988. The number of aliphatic hydroxyl groups is 1. The number of unbranched alkanes of at least 4 members (excludes halogenated alkanes) is 1. The van der Waals surface area contributed by atoms with E-state index in [1.54, 1.807) is 29.8 Å². The quantitative estimate of drug-likeness (QED) is 0.0948. The van der Waals surface area contributed by atoms with Crippen LogP contribution in [0.2, 0.25) is 0 Å².